The van der Waals surface area contributed by atoms with E-state index in [9.17, 15) is 0 Å². The molecule has 5 aromatic carbocycles. The van der Waals surface area contributed by atoms with E-state index in [0.717, 1.165) is 35.5 Å². The van der Waals surface area contributed by atoms with E-state index >= 15 is 0 Å². The van der Waals surface area contributed by atoms with Crippen LogP contribution in [0.15, 0.2) is 128 Å². The van der Waals surface area contributed by atoms with Crippen molar-refractivity contribution < 1.29 is 0 Å². The zero-order valence-corrected chi connectivity index (χ0v) is 23.3. The number of hydrogen-bond donors (Lipinski definition) is 0. The summed E-state index contributed by atoms with van der Waals surface area (Å²) in [5.74, 6) is 0. The molecule has 0 amide bonds. The molecule has 0 aliphatic rings. The topological polar surface area (TPSA) is 3.24 Å². The first-order valence-electron chi connectivity index (χ1n) is 14.0. The molecule has 0 unspecified atom stereocenters. The summed E-state index contributed by atoms with van der Waals surface area (Å²) in [6.07, 6.45) is 3.25. The lowest BCUT2D eigenvalue weighted by molar-refractivity contribution is 0.922. The summed E-state index contributed by atoms with van der Waals surface area (Å²) in [7, 11) is 0. The summed E-state index contributed by atoms with van der Waals surface area (Å²) in [5, 5.41) is 0. The molecule has 0 atom stereocenters. The molecule has 0 saturated heterocycles. The lowest BCUT2D eigenvalue weighted by atomic mass is 10.0. The molecule has 5 aromatic rings. The average Bonchev–Trinajstić information content (AvgIpc) is 2.99. The van der Waals surface area contributed by atoms with E-state index < -0.39 is 0 Å². The first-order chi connectivity index (χ1) is 19.1. The minimum absolute atomic E-state index is 0.949. The van der Waals surface area contributed by atoms with Crippen LogP contribution >= 0.6 is 0 Å². The van der Waals surface area contributed by atoms with Crippen LogP contribution in [0, 0.1) is 6.92 Å². The van der Waals surface area contributed by atoms with Gasteiger partial charge >= 0.3 is 0 Å². The molecule has 194 valence electrons. The quantitative estimate of drug-likeness (QED) is 0.192. The number of rotatable bonds is 9. The number of aryl methyl sites for hydroxylation is 2. The van der Waals surface area contributed by atoms with Gasteiger partial charge in [0.1, 0.15) is 0 Å². The Hall–Kier alpha value is -4.36. The van der Waals surface area contributed by atoms with Gasteiger partial charge in [-0.25, -0.2) is 0 Å². The molecule has 0 N–H and O–H groups in total. The van der Waals surface area contributed by atoms with Gasteiger partial charge in [-0.1, -0.05) is 117 Å². The van der Waals surface area contributed by atoms with Crippen LogP contribution in [0.2, 0.25) is 0 Å². The molecule has 0 aliphatic carbocycles. The Morgan fingerprint density at radius 2 is 0.923 bits per heavy atom. The molecular weight excluding hydrogens is 470 g/mol. The van der Waals surface area contributed by atoms with Crippen LogP contribution in [0.25, 0.3) is 27.8 Å². The van der Waals surface area contributed by atoms with Gasteiger partial charge in [0.2, 0.25) is 0 Å². The van der Waals surface area contributed by atoms with Crippen LogP contribution in [0.4, 0.5) is 17.1 Å². The second kappa shape index (κ2) is 12.0. The molecule has 0 aliphatic heterocycles. The van der Waals surface area contributed by atoms with E-state index in [1.54, 1.807) is 0 Å². The van der Waals surface area contributed by atoms with E-state index in [1.807, 2.05) is 0 Å². The fourth-order valence-corrected chi connectivity index (χ4v) is 5.00. The van der Waals surface area contributed by atoms with E-state index in [-0.39, 0.29) is 0 Å². The Bertz CT molecular complexity index is 1510. The number of benzene rings is 5. The van der Waals surface area contributed by atoms with Gasteiger partial charge in [0.05, 0.1) is 0 Å². The molecule has 1 nitrogen and oxygen atoms in total. The van der Waals surface area contributed by atoms with Crippen molar-refractivity contribution in [2.75, 3.05) is 4.90 Å². The second-order valence-electron chi connectivity index (χ2n) is 10.2. The van der Waals surface area contributed by atoms with Gasteiger partial charge in [0.15, 0.2) is 0 Å². The minimum Gasteiger partial charge on any atom is -0.311 e. The molecule has 1 heteroatoms. The fraction of sp³-hybridized carbons (Fsp3) is 0.158. The first kappa shape index (κ1) is 26.3. The minimum atomic E-state index is 0.949. The maximum atomic E-state index is 4.22. The van der Waals surface area contributed by atoms with Crippen LogP contribution in [0.5, 0.6) is 0 Å². The Balaban J connectivity index is 1.49. The highest BCUT2D eigenvalue weighted by molar-refractivity contribution is 5.80. The predicted molar refractivity (Wildman–Crippen MR) is 170 cm³/mol. The smallest absolute Gasteiger partial charge is 0.0462 e. The molecule has 0 fully saturated rings. The van der Waals surface area contributed by atoms with Gasteiger partial charge in [0, 0.05) is 17.1 Å². The van der Waals surface area contributed by atoms with E-state index in [1.165, 1.54) is 45.4 Å². The monoisotopic (exact) mass is 507 g/mol. The van der Waals surface area contributed by atoms with Gasteiger partial charge in [-0.05, 0) is 95.1 Å². The van der Waals surface area contributed by atoms with E-state index in [2.05, 4.69) is 154 Å². The lowest BCUT2D eigenvalue weighted by Crippen LogP contribution is -2.09. The third kappa shape index (κ3) is 6.04. The summed E-state index contributed by atoms with van der Waals surface area (Å²) in [5.41, 5.74) is 13.3. The first-order valence-corrected chi connectivity index (χ1v) is 14.0. The molecule has 0 saturated carbocycles. The van der Waals surface area contributed by atoms with Crippen molar-refractivity contribution in [3.8, 4) is 22.3 Å². The molecule has 0 radical (unpaired) electrons. The molecule has 0 aromatic heterocycles. The summed E-state index contributed by atoms with van der Waals surface area (Å²) in [6, 6.07) is 44.2. The third-order valence-electron chi connectivity index (χ3n) is 7.42. The van der Waals surface area contributed by atoms with Gasteiger partial charge < -0.3 is 4.90 Å². The number of nitrogens with zero attached hydrogens (tertiary/aromatic N) is 1. The highest BCUT2D eigenvalue weighted by atomic mass is 15.1. The maximum Gasteiger partial charge on any atom is 0.0462 e. The Morgan fingerprint density at radius 1 is 0.538 bits per heavy atom. The molecule has 0 bridgehead atoms. The van der Waals surface area contributed by atoms with Gasteiger partial charge in [-0.2, -0.15) is 0 Å². The molecule has 0 heterocycles. The molecule has 0 spiro atoms. The summed E-state index contributed by atoms with van der Waals surface area (Å²) in [6.45, 7) is 10.7. The molecule has 39 heavy (non-hydrogen) atoms. The van der Waals surface area contributed by atoms with E-state index in [4.69, 9.17) is 0 Å². The predicted octanol–water partition coefficient (Wildman–Crippen LogP) is 11.2. The van der Waals surface area contributed by atoms with Crippen molar-refractivity contribution in [3.63, 3.8) is 0 Å². The van der Waals surface area contributed by atoms with E-state index in [0.29, 0.717) is 0 Å². The van der Waals surface area contributed by atoms with Crippen molar-refractivity contribution in [1.29, 1.82) is 0 Å². The number of allylic oxidation sites excluding steroid dienone is 1. The zero-order valence-electron chi connectivity index (χ0n) is 23.3. The van der Waals surface area contributed by atoms with Crippen molar-refractivity contribution >= 4 is 22.6 Å². The summed E-state index contributed by atoms with van der Waals surface area (Å²) in [4.78, 5) is 2.32. The lowest BCUT2D eigenvalue weighted by Gasteiger charge is -2.26. The average molecular weight is 508 g/mol. The highest BCUT2D eigenvalue weighted by Gasteiger charge is 2.14. The molecular formula is C38H37N. The third-order valence-corrected chi connectivity index (χ3v) is 7.42. The van der Waals surface area contributed by atoms with Gasteiger partial charge in [-0.3, -0.25) is 0 Å². The zero-order chi connectivity index (χ0) is 27.2. The Labute approximate surface area is 234 Å². The van der Waals surface area contributed by atoms with Crippen LogP contribution in [0.3, 0.4) is 0 Å². The summed E-state index contributed by atoms with van der Waals surface area (Å²) < 4.78 is 0. The van der Waals surface area contributed by atoms with Crippen molar-refractivity contribution in [3.05, 3.63) is 145 Å². The Kier molecular flexibility index (Phi) is 8.08. The summed E-state index contributed by atoms with van der Waals surface area (Å²) >= 11 is 0. The number of hydrogen-bond acceptors (Lipinski definition) is 1. The maximum absolute atomic E-state index is 4.22. The van der Waals surface area contributed by atoms with Gasteiger partial charge in [0.25, 0.3) is 0 Å². The SMILES string of the molecule is C=C(CC)c1ccc(N(c2ccc(-c3ccc(C)cc3)cc2)c2ccc(-c3ccc(CCC)cc3)cc2)cc1. The largest absolute Gasteiger partial charge is 0.311 e. The number of anilines is 3. The van der Waals surface area contributed by atoms with Crippen molar-refractivity contribution in [2.24, 2.45) is 0 Å². The molecule has 5 rings (SSSR count). The van der Waals surface area contributed by atoms with Crippen LogP contribution < -0.4 is 4.90 Å². The fourth-order valence-electron chi connectivity index (χ4n) is 5.00. The standard InChI is InChI=1S/C38H37N/c1-5-7-30-10-14-33(15-11-30)35-20-26-38(27-21-35)39(36-22-16-31(17-23-36)29(4)6-2)37-24-18-34(19-25-37)32-12-8-28(3)9-13-32/h8-27H,4-7H2,1-3H3. The normalized spacial score (nSPS) is 10.8. The van der Waals surface area contributed by atoms with Crippen molar-refractivity contribution in [1.82, 2.24) is 0 Å². The second-order valence-corrected chi connectivity index (χ2v) is 10.2. The van der Waals surface area contributed by atoms with Gasteiger partial charge in [-0.15, -0.1) is 0 Å². The van der Waals surface area contributed by atoms with Crippen LogP contribution in [-0.2, 0) is 6.42 Å². The Morgan fingerprint density at radius 3 is 1.33 bits per heavy atom. The highest BCUT2D eigenvalue weighted by Crippen LogP contribution is 2.37. The van der Waals surface area contributed by atoms with Crippen molar-refractivity contribution in [2.45, 2.75) is 40.0 Å². The van der Waals surface area contributed by atoms with Crippen LogP contribution in [-0.4, -0.2) is 0 Å². The van der Waals surface area contributed by atoms with Crippen LogP contribution in [0.1, 0.15) is 43.4 Å².